The van der Waals surface area contributed by atoms with Gasteiger partial charge in [0.1, 0.15) is 5.75 Å². The van der Waals surface area contributed by atoms with Crippen molar-refractivity contribution in [3.63, 3.8) is 0 Å². The minimum atomic E-state index is 0.224. The topological polar surface area (TPSA) is 21.7 Å². The minimum Gasteiger partial charge on any atom is -0.491 e. The summed E-state index contributed by atoms with van der Waals surface area (Å²) in [7, 11) is 1.86. The van der Waals surface area contributed by atoms with E-state index in [9.17, 15) is 0 Å². The van der Waals surface area contributed by atoms with Gasteiger partial charge in [0, 0.05) is 11.6 Å². The van der Waals surface area contributed by atoms with Crippen LogP contribution in [0, 0.1) is 11.8 Å². The minimum absolute atomic E-state index is 0.224. The fourth-order valence-corrected chi connectivity index (χ4v) is 5.45. The highest BCUT2D eigenvalue weighted by Gasteiger charge is 2.23. The first kappa shape index (κ1) is 23.1. The van der Waals surface area contributed by atoms with Crippen molar-refractivity contribution >= 4 is 15.9 Å². The number of methoxy groups -OCH3 is 1. The van der Waals surface area contributed by atoms with Gasteiger partial charge in [-0.05, 0) is 127 Å². The van der Waals surface area contributed by atoms with Gasteiger partial charge in [0.25, 0.3) is 0 Å². The van der Waals surface area contributed by atoms with E-state index in [4.69, 9.17) is 9.47 Å². The summed E-state index contributed by atoms with van der Waals surface area (Å²) in [4.78, 5) is 2.70. The van der Waals surface area contributed by atoms with E-state index in [-0.39, 0.29) is 6.10 Å². The number of piperidine rings is 1. The van der Waals surface area contributed by atoms with Gasteiger partial charge in [-0.3, -0.25) is 0 Å². The fraction of sp³-hybridized carbons (Fsp3) is 0.760. The second-order valence-electron chi connectivity index (χ2n) is 9.43. The van der Waals surface area contributed by atoms with Crippen LogP contribution in [0.3, 0.4) is 0 Å². The Morgan fingerprint density at radius 3 is 2.41 bits per heavy atom. The molecule has 1 aliphatic heterocycles. The summed E-state index contributed by atoms with van der Waals surface area (Å²) in [5, 5.41) is 0. The molecule has 0 bridgehead atoms. The Hall–Kier alpha value is -0.580. The monoisotopic (exact) mass is 465 g/mol. The molecule has 3 rings (SSSR count). The zero-order valence-electron chi connectivity index (χ0n) is 18.7. The molecule has 0 N–H and O–H groups in total. The number of benzene rings is 1. The molecule has 1 aliphatic carbocycles. The van der Waals surface area contributed by atoms with Crippen molar-refractivity contribution < 1.29 is 9.47 Å². The molecule has 1 saturated carbocycles. The van der Waals surface area contributed by atoms with Gasteiger partial charge < -0.3 is 14.4 Å². The Bertz CT molecular complexity index is 605. The van der Waals surface area contributed by atoms with Crippen molar-refractivity contribution in [2.75, 3.05) is 26.7 Å². The van der Waals surface area contributed by atoms with Crippen molar-refractivity contribution in [3.05, 3.63) is 28.2 Å². The van der Waals surface area contributed by atoms with Gasteiger partial charge in [0.15, 0.2) is 0 Å². The van der Waals surface area contributed by atoms with E-state index in [1.165, 1.54) is 81.0 Å². The van der Waals surface area contributed by atoms with E-state index in [0.29, 0.717) is 6.10 Å². The number of halogens is 1. The molecular formula is C25H40BrNO2. The molecule has 1 aromatic rings. The van der Waals surface area contributed by atoms with E-state index in [2.05, 4.69) is 52.9 Å². The SMILES string of the molecule is COC1CCC(CCCN2CCC(Cc3cc(OC(C)C)ccc3Br)CC2)CC1. The highest BCUT2D eigenvalue weighted by molar-refractivity contribution is 9.10. The van der Waals surface area contributed by atoms with Gasteiger partial charge in [-0.15, -0.1) is 0 Å². The molecule has 2 fully saturated rings. The average Bonchev–Trinajstić information content (AvgIpc) is 2.72. The maximum atomic E-state index is 5.89. The lowest BCUT2D eigenvalue weighted by molar-refractivity contribution is 0.0545. The van der Waals surface area contributed by atoms with Crippen LogP contribution in [0.5, 0.6) is 5.75 Å². The summed E-state index contributed by atoms with van der Waals surface area (Å²) in [6.45, 7) is 7.99. The predicted octanol–water partition coefficient (Wildman–Crippen LogP) is 6.48. The highest BCUT2D eigenvalue weighted by Crippen LogP contribution is 2.31. The van der Waals surface area contributed by atoms with Gasteiger partial charge in [0.2, 0.25) is 0 Å². The van der Waals surface area contributed by atoms with Gasteiger partial charge in [-0.25, -0.2) is 0 Å². The van der Waals surface area contributed by atoms with Crippen LogP contribution in [0.25, 0.3) is 0 Å². The number of ether oxygens (including phenoxy) is 2. The summed E-state index contributed by atoms with van der Waals surface area (Å²) in [6, 6.07) is 6.44. The predicted molar refractivity (Wildman–Crippen MR) is 125 cm³/mol. The van der Waals surface area contributed by atoms with Crippen LogP contribution in [-0.2, 0) is 11.2 Å². The zero-order chi connectivity index (χ0) is 20.6. The third-order valence-corrected chi connectivity index (χ3v) is 7.59. The molecule has 164 valence electrons. The van der Waals surface area contributed by atoms with Crippen molar-refractivity contribution in [2.45, 2.75) is 83.8 Å². The summed E-state index contributed by atoms with van der Waals surface area (Å²) < 4.78 is 12.6. The number of rotatable bonds is 9. The molecule has 0 atom stereocenters. The third kappa shape index (κ3) is 7.56. The molecule has 0 spiro atoms. The molecule has 2 aliphatic rings. The van der Waals surface area contributed by atoms with E-state index >= 15 is 0 Å². The Morgan fingerprint density at radius 1 is 1.03 bits per heavy atom. The van der Waals surface area contributed by atoms with Crippen LogP contribution >= 0.6 is 15.9 Å². The summed E-state index contributed by atoms with van der Waals surface area (Å²) in [5.41, 5.74) is 1.40. The molecule has 0 radical (unpaired) electrons. The molecular weight excluding hydrogens is 426 g/mol. The number of hydrogen-bond donors (Lipinski definition) is 0. The molecule has 0 amide bonds. The summed E-state index contributed by atoms with van der Waals surface area (Å²) >= 11 is 3.74. The van der Waals surface area contributed by atoms with E-state index in [1.54, 1.807) is 0 Å². The molecule has 4 heteroatoms. The number of nitrogens with zero attached hydrogens (tertiary/aromatic N) is 1. The lowest BCUT2D eigenvalue weighted by Gasteiger charge is -2.33. The maximum absolute atomic E-state index is 5.89. The Morgan fingerprint density at radius 2 is 1.76 bits per heavy atom. The first-order valence-corrected chi connectivity index (χ1v) is 12.5. The van der Waals surface area contributed by atoms with Crippen molar-refractivity contribution in [1.82, 2.24) is 4.90 Å². The third-order valence-electron chi connectivity index (χ3n) is 6.82. The van der Waals surface area contributed by atoms with Crippen molar-refractivity contribution in [3.8, 4) is 5.75 Å². The highest BCUT2D eigenvalue weighted by atomic mass is 79.9. The van der Waals surface area contributed by atoms with E-state index < -0.39 is 0 Å². The maximum Gasteiger partial charge on any atom is 0.120 e. The summed E-state index contributed by atoms with van der Waals surface area (Å²) in [5.74, 6) is 2.73. The van der Waals surface area contributed by atoms with E-state index in [0.717, 1.165) is 24.0 Å². The first-order valence-electron chi connectivity index (χ1n) is 11.7. The van der Waals surface area contributed by atoms with Crippen LogP contribution in [0.4, 0.5) is 0 Å². The van der Waals surface area contributed by atoms with Gasteiger partial charge in [-0.1, -0.05) is 15.9 Å². The molecule has 1 saturated heterocycles. The standard InChI is InChI=1S/C25H40BrNO2/c1-19(2)29-24-10-11-25(26)22(18-24)17-21-12-15-27(16-13-21)14-4-5-20-6-8-23(28-3)9-7-20/h10-11,18-21,23H,4-9,12-17H2,1-3H3. The van der Waals surface area contributed by atoms with Crippen LogP contribution in [0.2, 0.25) is 0 Å². The van der Waals surface area contributed by atoms with Crippen LogP contribution in [0.15, 0.2) is 22.7 Å². The quantitative estimate of drug-likeness (QED) is 0.416. The van der Waals surface area contributed by atoms with Gasteiger partial charge in [0.05, 0.1) is 12.2 Å². The lowest BCUT2D eigenvalue weighted by atomic mass is 9.84. The number of hydrogen-bond acceptors (Lipinski definition) is 3. The van der Waals surface area contributed by atoms with Crippen molar-refractivity contribution in [2.24, 2.45) is 11.8 Å². The van der Waals surface area contributed by atoms with Crippen LogP contribution in [0.1, 0.15) is 70.8 Å². The van der Waals surface area contributed by atoms with Crippen LogP contribution in [-0.4, -0.2) is 43.9 Å². The Kier molecular flexibility index (Phi) is 9.33. The molecule has 0 aromatic heterocycles. The van der Waals surface area contributed by atoms with Gasteiger partial charge in [-0.2, -0.15) is 0 Å². The smallest absolute Gasteiger partial charge is 0.120 e. The number of likely N-dealkylation sites (tertiary alicyclic amines) is 1. The Balaban J connectivity index is 1.35. The first-order chi connectivity index (χ1) is 14.0. The zero-order valence-corrected chi connectivity index (χ0v) is 20.3. The van der Waals surface area contributed by atoms with E-state index in [1.807, 2.05) is 7.11 Å². The second kappa shape index (κ2) is 11.7. The normalized spacial score (nSPS) is 24.2. The van der Waals surface area contributed by atoms with Gasteiger partial charge >= 0.3 is 0 Å². The van der Waals surface area contributed by atoms with Crippen LogP contribution < -0.4 is 4.74 Å². The largest absolute Gasteiger partial charge is 0.491 e. The molecule has 3 nitrogen and oxygen atoms in total. The average molecular weight is 467 g/mol. The molecule has 0 unspecified atom stereocenters. The summed E-state index contributed by atoms with van der Waals surface area (Å²) in [6.07, 6.45) is 12.6. The second-order valence-corrected chi connectivity index (χ2v) is 10.3. The lowest BCUT2D eigenvalue weighted by Crippen LogP contribution is -2.35. The molecule has 1 heterocycles. The van der Waals surface area contributed by atoms with Crippen molar-refractivity contribution in [1.29, 1.82) is 0 Å². The fourth-order valence-electron chi connectivity index (χ4n) is 5.04. The molecule has 1 aromatic carbocycles. The molecule has 29 heavy (non-hydrogen) atoms. The Labute approximate surface area is 186 Å².